The average molecular weight is 371 g/mol. The van der Waals surface area contributed by atoms with Gasteiger partial charge in [-0.15, -0.1) is 10.2 Å². The standard InChI is InChI=1S/C22H21N5O/c1-15(10-21-26-24-14-27(21)2)16-8-5-9-19(11-16)25-22(28)20-12-17-6-3-4-7-18(17)13-23-20/h3-9,11-15H,10H2,1-2H3,(H,25,28). The van der Waals surface area contributed by atoms with Crippen molar-refractivity contribution in [3.05, 3.63) is 84.2 Å². The molecule has 6 heteroatoms. The van der Waals surface area contributed by atoms with Gasteiger partial charge in [0.1, 0.15) is 17.8 Å². The van der Waals surface area contributed by atoms with Gasteiger partial charge >= 0.3 is 0 Å². The summed E-state index contributed by atoms with van der Waals surface area (Å²) < 4.78 is 1.92. The average Bonchev–Trinajstić information content (AvgIpc) is 3.12. The molecule has 4 aromatic rings. The lowest BCUT2D eigenvalue weighted by Crippen LogP contribution is -2.14. The van der Waals surface area contributed by atoms with Crippen LogP contribution >= 0.6 is 0 Å². The Bertz CT molecular complexity index is 1130. The number of anilines is 1. The van der Waals surface area contributed by atoms with Gasteiger partial charge in [-0.2, -0.15) is 0 Å². The summed E-state index contributed by atoms with van der Waals surface area (Å²) in [6, 6.07) is 17.6. The molecule has 1 unspecified atom stereocenters. The molecule has 4 rings (SSSR count). The van der Waals surface area contributed by atoms with E-state index in [9.17, 15) is 4.79 Å². The Morgan fingerprint density at radius 1 is 1.11 bits per heavy atom. The number of aromatic nitrogens is 4. The maximum Gasteiger partial charge on any atom is 0.274 e. The van der Waals surface area contributed by atoms with Crippen LogP contribution in [0.15, 0.2) is 67.1 Å². The van der Waals surface area contributed by atoms with E-state index in [0.29, 0.717) is 5.69 Å². The van der Waals surface area contributed by atoms with Crippen LogP contribution in [0.25, 0.3) is 10.8 Å². The molecule has 0 aliphatic carbocycles. The number of nitrogens with one attached hydrogen (secondary N) is 1. The van der Waals surface area contributed by atoms with Gasteiger partial charge in [-0.05, 0) is 35.1 Å². The van der Waals surface area contributed by atoms with Crippen molar-refractivity contribution in [2.75, 3.05) is 5.32 Å². The van der Waals surface area contributed by atoms with Crippen molar-refractivity contribution in [3.8, 4) is 0 Å². The lowest BCUT2D eigenvalue weighted by molar-refractivity contribution is 0.102. The predicted octanol–water partition coefficient (Wildman–Crippen LogP) is 3.96. The lowest BCUT2D eigenvalue weighted by atomic mass is 9.97. The quantitative estimate of drug-likeness (QED) is 0.576. The lowest BCUT2D eigenvalue weighted by Gasteiger charge is -2.13. The second-order valence-electron chi connectivity index (χ2n) is 6.96. The fourth-order valence-electron chi connectivity index (χ4n) is 3.21. The van der Waals surface area contributed by atoms with E-state index in [1.54, 1.807) is 12.5 Å². The molecular weight excluding hydrogens is 350 g/mol. The Morgan fingerprint density at radius 3 is 2.71 bits per heavy atom. The normalized spacial score (nSPS) is 12.1. The second kappa shape index (κ2) is 7.60. The molecule has 2 aromatic heterocycles. The molecular formula is C22H21N5O. The van der Waals surface area contributed by atoms with E-state index in [1.807, 2.05) is 60.1 Å². The van der Waals surface area contributed by atoms with Gasteiger partial charge < -0.3 is 9.88 Å². The summed E-state index contributed by atoms with van der Waals surface area (Å²) in [6.45, 7) is 2.14. The Balaban J connectivity index is 1.50. The molecule has 0 radical (unpaired) electrons. The Hall–Kier alpha value is -3.54. The number of hydrogen-bond donors (Lipinski definition) is 1. The predicted molar refractivity (Wildman–Crippen MR) is 109 cm³/mol. The first-order chi connectivity index (χ1) is 13.6. The van der Waals surface area contributed by atoms with Gasteiger partial charge in [-0.3, -0.25) is 9.78 Å². The van der Waals surface area contributed by atoms with Gasteiger partial charge in [0.25, 0.3) is 5.91 Å². The topological polar surface area (TPSA) is 72.7 Å². The van der Waals surface area contributed by atoms with Gasteiger partial charge in [-0.1, -0.05) is 43.3 Å². The summed E-state index contributed by atoms with van der Waals surface area (Å²) >= 11 is 0. The molecule has 28 heavy (non-hydrogen) atoms. The van der Waals surface area contributed by atoms with Gasteiger partial charge in [0.15, 0.2) is 0 Å². The van der Waals surface area contributed by atoms with Crippen LogP contribution in [0, 0.1) is 0 Å². The van der Waals surface area contributed by atoms with Crippen molar-refractivity contribution in [2.24, 2.45) is 7.05 Å². The molecule has 0 spiro atoms. The van der Waals surface area contributed by atoms with Crippen LogP contribution in [-0.4, -0.2) is 25.7 Å². The maximum absolute atomic E-state index is 12.6. The van der Waals surface area contributed by atoms with Gasteiger partial charge in [0.05, 0.1) is 0 Å². The number of rotatable bonds is 5. The number of fused-ring (bicyclic) bond motifs is 1. The summed E-state index contributed by atoms with van der Waals surface area (Å²) in [5, 5.41) is 13.0. The highest BCUT2D eigenvalue weighted by Gasteiger charge is 2.13. The molecule has 0 saturated carbocycles. The van der Waals surface area contributed by atoms with Crippen molar-refractivity contribution in [2.45, 2.75) is 19.3 Å². The molecule has 6 nitrogen and oxygen atoms in total. The van der Waals surface area contributed by atoms with Gasteiger partial charge in [-0.25, -0.2) is 0 Å². The van der Waals surface area contributed by atoms with Crippen LogP contribution in [0.1, 0.15) is 34.7 Å². The summed E-state index contributed by atoms with van der Waals surface area (Å²) in [5.41, 5.74) is 2.28. The first kappa shape index (κ1) is 17.9. The molecule has 2 heterocycles. The zero-order chi connectivity index (χ0) is 19.5. The first-order valence-corrected chi connectivity index (χ1v) is 9.19. The third-order valence-electron chi connectivity index (χ3n) is 4.87. The molecule has 2 aromatic carbocycles. The molecule has 1 amide bonds. The maximum atomic E-state index is 12.6. The number of pyridine rings is 1. The summed E-state index contributed by atoms with van der Waals surface area (Å²) in [7, 11) is 1.94. The zero-order valence-corrected chi connectivity index (χ0v) is 15.8. The van der Waals surface area contributed by atoms with Gasteiger partial charge in [0.2, 0.25) is 0 Å². The Labute approximate surface area is 163 Å². The van der Waals surface area contributed by atoms with Crippen molar-refractivity contribution in [3.63, 3.8) is 0 Å². The number of aryl methyl sites for hydroxylation is 1. The molecule has 140 valence electrons. The van der Waals surface area contributed by atoms with Crippen molar-refractivity contribution < 1.29 is 4.79 Å². The van der Waals surface area contributed by atoms with E-state index in [2.05, 4.69) is 33.5 Å². The number of benzene rings is 2. The van der Waals surface area contributed by atoms with Crippen LogP contribution in [0.4, 0.5) is 5.69 Å². The van der Waals surface area contributed by atoms with E-state index in [-0.39, 0.29) is 11.8 Å². The molecule has 1 atom stereocenters. The zero-order valence-electron chi connectivity index (χ0n) is 15.8. The number of nitrogens with zero attached hydrogens (tertiary/aromatic N) is 4. The molecule has 0 aliphatic rings. The fraction of sp³-hybridized carbons (Fsp3) is 0.182. The van der Waals surface area contributed by atoms with Crippen LogP contribution in [-0.2, 0) is 13.5 Å². The highest BCUT2D eigenvalue weighted by atomic mass is 16.1. The third kappa shape index (κ3) is 3.76. The van der Waals surface area contributed by atoms with E-state index in [1.165, 1.54) is 0 Å². The number of carbonyl (C=O) groups excluding carboxylic acids is 1. The molecule has 0 aliphatic heterocycles. The van der Waals surface area contributed by atoms with E-state index < -0.39 is 0 Å². The second-order valence-corrected chi connectivity index (χ2v) is 6.96. The van der Waals surface area contributed by atoms with Crippen LogP contribution in [0.3, 0.4) is 0 Å². The summed E-state index contributed by atoms with van der Waals surface area (Å²) in [4.78, 5) is 16.9. The Kier molecular flexibility index (Phi) is 4.85. The smallest absolute Gasteiger partial charge is 0.274 e. The van der Waals surface area contributed by atoms with Crippen molar-refractivity contribution in [1.29, 1.82) is 0 Å². The monoisotopic (exact) mass is 371 g/mol. The van der Waals surface area contributed by atoms with E-state index >= 15 is 0 Å². The highest BCUT2D eigenvalue weighted by Crippen LogP contribution is 2.23. The molecule has 0 bridgehead atoms. The minimum atomic E-state index is -0.219. The number of hydrogen-bond acceptors (Lipinski definition) is 4. The highest BCUT2D eigenvalue weighted by molar-refractivity contribution is 6.04. The Morgan fingerprint density at radius 2 is 1.93 bits per heavy atom. The molecule has 1 N–H and O–H groups in total. The molecule has 0 saturated heterocycles. The molecule has 0 fully saturated rings. The minimum Gasteiger partial charge on any atom is -0.321 e. The van der Waals surface area contributed by atoms with E-state index in [4.69, 9.17) is 0 Å². The number of carbonyl (C=O) groups is 1. The van der Waals surface area contributed by atoms with E-state index in [0.717, 1.165) is 34.3 Å². The minimum absolute atomic E-state index is 0.219. The van der Waals surface area contributed by atoms with Gasteiger partial charge in [0, 0.05) is 30.7 Å². The third-order valence-corrected chi connectivity index (χ3v) is 4.87. The van der Waals surface area contributed by atoms with Crippen LogP contribution in [0.2, 0.25) is 0 Å². The van der Waals surface area contributed by atoms with Crippen molar-refractivity contribution >= 4 is 22.4 Å². The fourth-order valence-corrected chi connectivity index (χ4v) is 3.21. The first-order valence-electron chi connectivity index (χ1n) is 9.19. The largest absolute Gasteiger partial charge is 0.321 e. The van der Waals surface area contributed by atoms with Crippen molar-refractivity contribution in [1.82, 2.24) is 19.7 Å². The number of amides is 1. The summed E-state index contributed by atoms with van der Waals surface area (Å²) in [6.07, 6.45) is 4.21. The SMILES string of the molecule is CC(Cc1nncn1C)c1cccc(NC(=O)c2cc3ccccc3cn2)c1. The summed E-state index contributed by atoms with van der Waals surface area (Å²) in [5.74, 6) is 0.963. The van der Waals surface area contributed by atoms with Crippen LogP contribution < -0.4 is 5.32 Å². The van der Waals surface area contributed by atoms with Crippen LogP contribution in [0.5, 0.6) is 0 Å².